The van der Waals surface area contributed by atoms with Crippen LogP contribution in [-0.4, -0.2) is 57.5 Å². The summed E-state index contributed by atoms with van der Waals surface area (Å²) in [5.41, 5.74) is 2.10. The maximum absolute atomic E-state index is 5.38. The van der Waals surface area contributed by atoms with Crippen LogP contribution in [0.5, 0.6) is 5.75 Å². The Kier molecular flexibility index (Phi) is 4.16. The van der Waals surface area contributed by atoms with Crippen LogP contribution >= 0.6 is 0 Å². The first-order valence-corrected chi connectivity index (χ1v) is 9.59. The highest BCUT2D eigenvalue weighted by Gasteiger charge is 2.38. The lowest BCUT2D eigenvalue weighted by Crippen LogP contribution is -2.48. The van der Waals surface area contributed by atoms with Crippen LogP contribution in [0.3, 0.4) is 0 Å². The summed E-state index contributed by atoms with van der Waals surface area (Å²) in [6, 6.07) is 13.0. The van der Waals surface area contributed by atoms with Crippen molar-refractivity contribution < 1.29 is 4.74 Å². The molecule has 0 amide bonds. The van der Waals surface area contributed by atoms with Crippen LogP contribution < -0.4 is 9.64 Å². The monoisotopic (exact) mass is 364 g/mol. The van der Waals surface area contributed by atoms with Gasteiger partial charge in [0, 0.05) is 25.7 Å². The predicted molar refractivity (Wildman–Crippen MR) is 103 cm³/mol. The van der Waals surface area contributed by atoms with Gasteiger partial charge in [-0.1, -0.05) is 12.1 Å². The molecular weight excluding hydrogens is 340 g/mol. The van der Waals surface area contributed by atoms with Crippen molar-refractivity contribution in [2.45, 2.75) is 25.4 Å². The molecular formula is C20H24N6O. The number of piperidine rings is 1. The molecule has 3 aromatic rings. The molecule has 0 radical (unpaired) electrons. The van der Waals surface area contributed by atoms with Crippen molar-refractivity contribution in [3.05, 3.63) is 48.3 Å². The lowest BCUT2D eigenvalue weighted by molar-refractivity contribution is 0.200. The first-order chi connectivity index (χ1) is 13.3. The Morgan fingerprint density at radius 1 is 1.15 bits per heavy atom. The molecule has 0 saturated carbocycles. The van der Waals surface area contributed by atoms with Gasteiger partial charge in [-0.25, -0.2) is 0 Å². The number of ether oxygens (including phenoxy) is 1. The molecule has 2 atom stereocenters. The van der Waals surface area contributed by atoms with Crippen molar-refractivity contribution in [3.63, 3.8) is 0 Å². The van der Waals surface area contributed by atoms with E-state index in [1.54, 1.807) is 18.0 Å². The van der Waals surface area contributed by atoms with Gasteiger partial charge in [0.05, 0.1) is 7.11 Å². The van der Waals surface area contributed by atoms with Crippen LogP contribution in [0.4, 0.5) is 5.82 Å². The summed E-state index contributed by atoms with van der Waals surface area (Å²) in [5, 5.41) is 12.7. The number of likely N-dealkylation sites (tertiary alicyclic amines) is 1. The highest BCUT2D eigenvalue weighted by atomic mass is 16.5. The second kappa shape index (κ2) is 6.81. The highest BCUT2D eigenvalue weighted by Crippen LogP contribution is 2.34. The maximum atomic E-state index is 5.38. The Labute approximate surface area is 158 Å². The number of anilines is 1. The second-order valence-corrected chi connectivity index (χ2v) is 7.50. The quantitative estimate of drug-likeness (QED) is 0.708. The molecule has 27 heavy (non-hydrogen) atoms. The number of hydrogen-bond acceptors (Lipinski definition) is 6. The molecule has 0 spiro atoms. The molecule has 4 heterocycles. The average molecular weight is 364 g/mol. The lowest BCUT2D eigenvalue weighted by Gasteiger charge is -2.39. The minimum atomic E-state index is 0.573. The molecule has 2 fully saturated rings. The van der Waals surface area contributed by atoms with Gasteiger partial charge in [-0.2, -0.15) is 4.52 Å². The van der Waals surface area contributed by atoms with E-state index in [0.29, 0.717) is 6.04 Å². The van der Waals surface area contributed by atoms with E-state index < -0.39 is 0 Å². The minimum absolute atomic E-state index is 0.573. The SMILES string of the molecule is COc1cccc(CN2CCC3CCN(c4ccc5nncn5n4)CC32)c1. The maximum Gasteiger partial charge on any atom is 0.177 e. The Morgan fingerprint density at radius 2 is 2.07 bits per heavy atom. The van der Waals surface area contributed by atoms with Gasteiger partial charge in [0.25, 0.3) is 0 Å². The van der Waals surface area contributed by atoms with E-state index in [2.05, 4.69) is 49.4 Å². The van der Waals surface area contributed by atoms with E-state index in [1.165, 1.54) is 18.4 Å². The molecule has 1 aromatic carbocycles. The third-order valence-electron chi connectivity index (χ3n) is 5.97. The third-order valence-corrected chi connectivity index (χ3v) is 5.97. The first-order valence-electron chi connectivity index (χ1n) is 9.59. The zero-order chi connectivity index (χ0) is 18.2. The van der Waals surface area contributed by atoms with E-state index in [0.717, 1.165) is 49.3 Å². The van der Waals surface area contributed by atoms with E-state index in [9.17, 15) is 0 Å². The van der Waals surface area contributed by atoms with Gasteiger partial charge in [-0.05, 0) is 55.1 Å². The van der Waals surface area contributed by atoms with Crippen molar-refractivity contribution in [2.75, 3.05) is 31.6 Å². The zero-order valence-electron chi connectivity index (χ0n) is 15.5. The fraction of sp³-hybridized carbons (Fsp3) is 0.450. The van der Waals surface area contributed by atoms with E-state index in [1.807, 2.05) is 12.1 Å². The molecule has 0 bridgehead atoms. The zero-order valence-corrected chi connectivity index (χ0v) is 15.5. The smallest absolute Gasteiger partial charge is 0.177 e. The molecule has 2 aliphatic heterocycles. The van der Waals surface area contributed by atoms with Gasteiger partial charge in [0.15, 0.2) is 5.65 Å². The van der Waals surface area contributed by atoms with E-state index in [4.69, 9.17) is 4.74 Å². The molecule has 0 N–H and O–H groups in total. The molecule has 140 valence electrons. The normalized spacial score (nSPS) is 22.9. The number of fused-ring (bicyclic) bond motifs is 2. The molecule has 2 unspecified atom stereocenters. The molecule has 7 heteroatoms. The summed E-state index contributed by atoms with van der Waals surface area (Å²) in [6.07, 6.45) is 4.18. The van der Waals surface area contributed by atoms with Crippen LogP contribution in [-0.2, 0) is 6.54 Å². The number of aromatic nitrogens is 4. The van der Waals surface area contributed by atoms with Crippen LogP contribution in [0.15, 0.2) is 42.7 Å². The van der Waals surface area contributed by atoms with Crippen LogP contribution in [0, 0.1) is 5.92 Å². The molecule has 2 aromatic heterocycles. The van der Waals surface area contributed by atoms with Crippen molar-refractivity contribution >= 4 is 11.5 Å². The van der Waals surface area contributed by atoms with Crippen molar-refractivity contribution in [3.8, 4) is 5.75 Å². The van der Waals surface area contributed by atoms with Crippen molar-refractivity contribution in [2.24, 2.45) is 5.92 Å². The Morgan fingerprint density at radius 3 is 3.00 bits per heavy atom. The fourth-order valence-corrected chi connectivity index (χ4v) is 4.52. The summed E-state index contributed by atoms with van der Waals surface area (Å²) in [4.78, 5) is 5.04. The van der Waals surface area contributed by atoms with Gasteiger partial charge < -0.3 is 9.64 Å². The summed E-state index contributed by atoms with van der Waals surface area (Å²) in [7, 11) is 1.73. The molecule has 7 nitrogen and oxygen atoms in total. The number of nitrogens with zero attached hydrogens (tertiary/aromatic N) is 6. The van der Waals surface area contributed by atoms with E-state index >= 15 is 0 Å². The third kappa shape index (κ3) is 3.12. The number of hydrogen-bond donors (Lipinski definition) is 0. The van der Waals surface area contributed by atoms with Gasteiger partial charge in [0.2, 0.25) is 0 Å². The summed E-state index contributed by atoms with van der Waals surface area (Å²) >= 11 is 0. The van der Waals surface area contributed by atoms with Gasteiger partial charge in [-0.3, -0.25) is 4.90 Å². The molecule has 5 rings (SSSR count). The van der Waals surface area contributed by atoms with Gasteiger partial charge in [-0.15, -0.1) is 15.3 Å². The summed E-state index contributed by atoms with van der Waals surface area (Å²) in [5.74, 6) is 2.72. The molecule has 0 aliphatic carbocycles. The Balaban J connectivity index is 1.33. The standard InChI is InChI=1S/C20H24N6O/c1-27-17-4-2-3-15(11-17)12-24-9-7-16-8-10-25(13-18(16)24)20-6-5-19-22-21-14-26(19)23-20/h2-6,11,14,16,18H,7-10,12-13H2,1H3. The minimum Gasteiger partial charge on any atom is -0.497 e. The van der Waals surface area contributed by atoms with Crippen LogP contribution in [0.25, 0.3) is 5.65 Å². The van der Waals surface area contributed by atoms with Crippen molar-refractivity contribution in [1.82, 2.24) is 24.7 Å². The topological polar surface area (TPSA) is 58.8 Å². The Hall–Kier alpha value is -2.67. The van der Waals surface area contributed by atoms with Crippen LogP contribution in [0.2, 0.25) is 0 Å². The second-order valence-electron chi connectivity index (χ2n) is 7.50. The first kappa shape index (κ1) is 16.5. The number of rotatable bonds is 4. The van der Waals surface area contributed by atoms with Gasteiger partial charge in [0.1, 0.15) is 17.9 Å². The largest absolute Gasteiger partial charge is 0.497 e. The predicted octanol–water partition coefficient (Wildman–Crippen LogP) is 2.23. The number of benzene rings is 1. The summed E-state index contributed by atoms with van der Waals surface area (Å²) in [6.45, 7) is 4.23. The fourth-order valence-electron chi connectivity index (χ4n) is 4.52. The number of methoxy groups -OCH3 is 1. The molecule has 2 aliphatic rings. The van der Waals surface area contributed by atoms with E-state index in [-0.39, 0.29) is 0 Å². The van der Waals surface area contributed by atoms with Crippen LogP contribution in [0.1, 0.15) is 18.4 Å². The average Bonchev–Trinajstić information content (AvgIpc) is 3.34. The lowest BCUT2D eigenvalue weighted by atomic mass is 9.92. The molecule has 2 saturated heterocycles. The summed E-state index contributed by atoms with van der Waals surface area (Å²) < 4.78 is 7.14. The van der Waals surface area contributed by atoms with Gasteiger partial charge >= 0.3 is 0 Å². The van der Waals surface area contributed by atoms with Crippen molar-refractivity contribution in [1.29, 1.82) is 0 Å². The Bertz CT molecular complexity index is 941. The highest BCUT2D eigenvalue weighted by molar-refractivity contribution is 5.45.